The number of aryl methyl sites for hydroxylation is 1. The number of benzene rings is 2. The highest BCUT2D eigenvalue weighted by Gasteiger charge is 2.08. The topological polar surface area (TPSA) is 47.6 Å². The summed E-state index contributed by atoms with van der Waals surface area (Å²) in [6.07, 6.45) is 0. The predicted molar refractivity (Wildman–Crippen MR) is 103 cm³/mol. The van der Waals surface area contributed by atoms with Crippen molar-refractivity contribution in [3.63, 3.8) is 0 Å². The van der Waals surface area contributed by atoms with Gasteiger partial charge in [-0.05, 0) is 50.6 Å². The van der Waals surface area contributed by atoms with Crippen LogP contribution in [0.1, 0.15) is 25.0 Å². The monoisotopic (exact) mass is 359 g/mol. The van der Waals surface area contributed by atoms with Crippen molar-refractivity contribution in [1.82, 2.24) is 5.32 Å². The highest BCUT2D eigenvalue weighted by atomic mass is 32.2. The first-order valence-corrected chi connectivity index (χ1v) is 9.45. The Labute approximate surface area is 153 Å². The Morgan fingerprint density at radius 1 is 1.00 bits per heavy atom. The Hall–Kier alpha value is -2.14. The van der Waals surface area contributed by atoms with Crippen LogP contribution >= 0.6 is 11.8 Å². The third kappa shape index (κ3) is 6.35. The van der Waals surface area contributed by atoms with Crippen LogP contribution in [-0.2, 0) is 11.3 Å². The van der Waals surface area contributed by atoms with Crippen molar-refractivity contribution in [3.05, 3.63) is 53.6 Å². The molecule has 0 bridgehead atoms. The van der Waals surface area contributed by atoms with Gasteiger partial charge in [0.15, 0.2) is 11.5 Å². The molecule has 0 spiro atoms. The zero-order valence-electron chi connectivity index (χ0n) is 15.0. The molecule has 2 aromatic carbocycles. The fourth-order valence-corrected chi connectivity index (χ4v) is 2.97. The number of rotatable bonds is 9. The van der Waals surface area contributed by atoms with Crippen LogP contribution in [0.25, 0.3) is 0 Å². The summed E-state index contributed by atoms with van der Waals surface area (Å²) in [6.45, 7) is 7.56. The largest absolute Gasteiger partial charge is 0.490 e. The molecule has 0 saturated heterocycles. The Balaban J connectivity index is 1.86. The summed E-state index contributed by atoms with van der Waals surface area (Å²) in [5, 5.41) is 2.95. The molecule has 1 N–H and O–H groups in total. The van der Waals surface area contributed by atoms with E-state index in [4.69, 9.17) is 9.47 Å². The van der Waals surface area contributed by atoms with Crippen molar-refractivity contribution in [3.8, 4) is 11.5 Å². The van der Waals surface area contributed by atoms with Gasteiger partial charge in [0.1, 0.15) is 0 Å². The molecule has 25 heavy (non-hydrogen) atoms. The van der Waals surface area contributed by atoms with E-state index < -0.39 is 0 Å². The lowest BCUT2D eigenvalue weighted by atomic mass is 10.2. The van der Waals surface area contributed by atoms with Gasteiger partial charge in [-0.1, -0.05) is 23.8 Å². The SMILES string of the molecule is CCOc1ccc(CNC(=O)CSc2ccc(C)cc2)cc1OCC. The van der Waals surface area contributed by atoms with Gasteiger partial charge < -0.3 is 14.8 Å². The van der Waals surface area contributed by atoms with Gasteiger partial charge in [0.2, 0.25) is 5.91 Å². The minimum absolute atomic E-state index is 0.0115. The van der Waals surface area contributed by atoms with Crippen LogP contribution in [0, 0.1) is 6.92 Å². The second-order valence-corrected chi connectivity index (χ2v) is 6.57. The minimum atomic E-state index is 0.0115. The summed E-state index contributed by atoms with van der Waals surface area (Å²) in [7, 11) is 0. The van der Waals surface area contributed by atoms with Gasteiger partial charge in [-0.3, -0.25) is 4.79 Å². The van der Waals surface area contributed by atoms with Crippen LogP contribution in [-0.4, -0.2) is 24.9 Å². The van der Waals surface area contributed by atoms with E-state index in [1.54, 1.807) is 0 Å². The van der Waals surface area contributed by atoms with E-state index in [9.17, 15) is 4.79 Å². The maximum atomic E-state index is 12.0. The number of hydrogen-bond acceptors (Lipinski definition) is 4. The second-order valence-electron chi connectivity index (χ2n) is 5.53. The van der Waals surface area contributed by atoms with Gasteiger partial charge >= 0.3 is 0 Å². The van der Waals surface area contributed by atoms with E-state index in [0.29, 0.717) is 31.3 Å². The van der Waals surface area contributed by atoms with E-state index >= 15 is 0 Å². The molecule has 0 heterocycles. The third-order valence-electron chi connectivity index (χ3n) is 3.49. The molecule has 0 saturated carbocycles. The summed E-state index contributed by atoms with van der Waals surface area (Å²) < 4.78 is 11.2. The van der Waals surface area contributed by atoms with E-state index in [0.717, 1.165) is 16.2 Å². The van der Waals surface area contributed by atoms with Crippen molar-refractivity contribution < 1.29 is 14.3 Å². The number of hydrogen-bond donors (Lipinski definition) is 1. The summed E-state index contributed by atoms with van der Waals surface area (Å²) >= 11 is 1.54. The van der Waals surface area contributed by atoms with Crippen LogP contribution < -0.4 is 14.8 Å². The van der Waals surface area contributed by atoms with E-state index in [1.165, 1.54) is 17.3 Å². The maximum Gasteiger partial charge on any atom is 0.230 e. The molecular formula is C20H25NO3S. The van der Waals surface area contributed by atoms with Gasteiger partial charge in [0.25, 0.3) is 0 Å². The summed E-state index contributed by atoms with van der Waals surface area (Å²) in [5.74, 6) is 1.86. The second kappa shape index (κ2) is 9.99. The third-order valence-corrected chi connectivity index (χ3v) is 4.50. The van der Waals surface area contributed by atoms with Crippen LogP contribution in [0.2, 0.25) is 0 Å². The smallest absolute Gasteiger partial charge is 0.230 e. The average Bonchev–Trinajstić information content (AvgIpc) is 2.62. The highest BCUT2D eigenvalue weighted by molar-refractivity contribution is 8.00. The highest BCUT2D eigenvalue weighted by Crippen LogP contribution is 2.28. The first kappa shape index (κ1) is 19.2. The molecule has 2 rings (SSSR count). The van der Waals surface area contributed by atoms with Crippen molar-refractivity contribution in [2.75, 3.05) is 19.0 Å². The van der Waals surface area contributed by atoms with E-state index in [1.807, 2.05) is 44.2 Å². The first-order chi connectivity index (χ1) is 12.1. The molecule has 0 aliphatic rings. The van der Waals surface area contributed by atoms with Gasteiger partial charge in [-0.2, -0.15) is 0 Å². The quantitative estimate of drug-likeness (QED) is 0.682. The summed E-state index contributed by atoms with van der Waals surface area (Å²) in [4.78, 5) is 13.1. The van der Waals surface area contributed by atoms with Crippen LogP contribution in [0.15, 0.2) is 47.4 Å². The summed E-state index contributed by atoms with van der Waals surface area (Å²) in [6, 6.07) is 13.9. The molecule has 5 heteroatoms. The van der Waals surface area contributed by atoms with Crippen LogP contribution in [0.5, 0.6) is 11.5 Å². The number of amides is 1. The van der Waals surface area contributed by atoms with Crippen molar-refractivity contribution >= 4 is 17.7 Å². The van der Waals surface area contributed by atoms with Gasteiger partial charge in [-0.15, -0.1) is 11.8 Å². The molecule has 0 fully saturated rings. The molecule has 0 unspecified atom stereocenters. The molecule has 1 amide bonds. The molecule has 0 radical (unpaired) electrons. The number of ether oxygens (including phenoxy) is 2. The van der Waals surface area contributed by atoms with Crippen LogP contribution in [0.3, 0.4) is 0 Å². The number of carbonyl (C=O) groups excluding carboxylic acids is 1. The van der Waals surface area contributed by atoms with E-state index in [2.05, 4.69) is 24.4 Å². The Morgan fingerprint density at radius 2 is 1.68 bits per heavy atom. The Kier molecular flexibility index (Phi) is 7.67. The molecule has 0 aromatic heterocycles. The number of carbonyl (C=O) groups is 1. The van der Waals surface area contributed by atoms with Crippen molar-refractivity contribution in [2.45, 2.75) is 32.2 Å². The fraction of sp³-hybridized carbons (Fsp3) is 0.350. The Morgan fingerprint density at radius 3 is 2.36 bits per heavy atom. The zero-order valence-corrected chi connectivity index (χ0v) is 15.8. The Bertz CT molecular complexity index is 686. The summed E-state index contributed by atoms with van der Waals surface area (Å²) in [5.41, 5.74) is 2.20. The standard InChI is InChI=1S/C20H25NO3S/c1-4-23-18-11-8-16(12-19(18)24-5-2)13-21-20(22)14-25-17-9-6-15(3)7-10-17/h6-12H,4-5,13-14H2,1-3H3,(H,21,22). The normalized spacial score (nSPS) is 10.4. The molecule has 0 aliphatic carbocycles. The van der Waals surface area contributed by atoms with E-state index in [-0.39, 0.29) is 5.91 Å². The van der Waals surface area contributed by atoms with Crippen molar-refractivity contribution in [2.24, 2.45) is 0 Å². The molecule has 0 aliphatic heterocycles. The van der Waals surface area contributed by atoms with Gasteiger partial charge in [0, 0.05) is 11.4 Å². The molecule has 0 atom stereocenters. The first-order valence-electron chi connectivity index (χ1n) is 8.47. The maximum absolute atomic E-state index is 12.0. The van der Waals surface area contributed by atoms with Gasteiger partial charge in [0.05, 0.1) is 19.0 Å². The van der Waals surface area contributed by atoms with Crippen LogP contribution in [0.4, 0.5) is 0 Å². The lowest BCUT2D eigenvalue weighted by Gasteiger charge is -2.13. The van der Waals surface area contributed by atoms with Gasteiger partial charge in [-0.25, -0.2) is 0 Å². The number of nitrogens with one attached hydrogen (secondary N) is 1. The van der Waals surface area contributed by atoms with Crippen molar-refractivity contribution in [1.29, 1.82) is 0 Å². The number of thioether (sulfide) groups is 1. The minimum Gasteiger partial charge on any atom is -0.490 e. The molecule has 134 valence electrons. The fourth-order valence-electron chi connectivity index (χ4n) is 2.24. The molecule has 4 nitrogen and oxygen atoms in total. The lowest BCUT2D eigenvalue weighted by molar-refractivity contribution is -0.118. The zero-order chi connectivity index (χ0) is 18.1. The average molecular weight is 359 g/mol. The molecule has 2 aromatic rings. The molecular weight excluding hydrogens is 334 g/mol. The predicted octanol–water partition coefficient (Wildman–Crippen LogP) is 4.20. The lowest BCUT2D eigenvalue weighted by Crippen LogP contribution is -2.24.